The molecule has 3 aromatic rings. The molecule has 2 aromatic carbocycles. The molecule has 0 aliphatic carbocycles. The van der Waals surface area contributed by atoms with Crippen LogP contribution in [0, 0.1) is 5.92 Å². The quantitative estimate of drug-likeness (QED) is 0.329. The number of aromatic hydroxyl groups is 1. The highest BCUT2D eigenvalue weighted by Gasteiger charge is 2.42. The van der Waals surface area contributed by atoms with Crippen molar-refractivity contribution in [2.24, 2.45) is 5.92 Å². The van der Waals surface area contributed by atoms with E-state index >= 15 is 0 Å². The van der Waals surface area contributed by atoms with Crippen molar-refractivity contribution in [2.45, 2.75) is 70.2 Å². The number of hydrogen-bond acceptors (Lipinski definition) is 11. The van der Waals surface area contributed by atoms with Crippen molar-refractivity contribution in [3.63, 3.8) is 0 Å². The van der Waals surface area contributed by atoms with E-state index in [4.69, 9.17) is 0 Å². The predicted octanol–water partition coefficient (Wildman–Crippen LogP) is 2.96. The van der Waals surface area contributed by atoms with Gasteiger partial charge in [0.1, 0.15) is 11.8 Å². The van der Waals surface area contributed by atoms with Crippen LogP contribution in [0.15, 0.2) is 48.5 Å². The van der Waals surface area contributed by atoms with Gasteiger partial charge in [-0.25, -0.2) is 4.79 Å². The van der Waals surface area contributed by atoms with Crippen LogP contribution >= 0.6 is 0 Å². The van der Waals surface area contributed by atoms with E-state index in [2.05, 4.69) is 60.3 Å². The van der Waals surface area contributed by atoms with Gasteiger partial charge in [-0.3, -0.25) is 24.6 Å². The Balaban J connectivity index is 0.769. The minimum atomic E-state index is -0.607. The summed E-state index contributed by atoms with van der Waals surface area (Å²) in [4.78, 5) is 64.6. The van der Waals surface area contributed by atoms with Crippen LogP contribution in [0.4, 0.5) is 22.0 Å². The molecule has 6 aliphatic heterocycles. The van der Waals surface area contributed by atoms with Gasteiger partial charge >= 0.3 is 6.03 Å². The number of imide groups is 1. The topological polar surface area (TPSA) is 158 Å². The third kappa shape index (κ3) is 6.65. The first kappa shape index (κ1) is 36.2. The molecule has 3 unspecified atom stereocenters. The number of phenols is 1. The lowest BCUT2D eigenvalue weighted by Crippen LogP contribution is -2.65. The number of benzene rings is 2. The van der Waals surface area contributed by atoms with E-state index in [1.807, 2.05) is 35.2 Å². The second-order valence-corrected chi connectivity index (χ2v) is 16.4. The van der Waals surface area contributed by atoms with Gasteiger partial charge in [-0.15, -0.1) is 10.2 Å². The summed E-state index contributed by atoms with van der Waals surface area (Å²) >= 11 is 0. The van der Waals surface area contributed by atoms with Gasteiger partial charge in [-0.05, 0) is 74.9 Å². The van der Waals surface area contributed by atoms with Gasteiger partial charge in [0, 0.05) is 101 Å². The lowest BCUT2D eigenvalue weighted by atomic mass is 9.94. The molecule has 4 fully saturated rings. The monoisotopic (exact) mass is 762 g/mol. The second kappa shape index (κ2) is 14.6. The van der Waals surface area contributed by atoms with Gasteiger partial charge in [0.15, 0.2) is 5.82 Å². The second-order valence-electron chi connectivity index (χ2n) is 16.4. The van der Waals surface area contributed by atoms with Gasteiger partial charge in [0.05, 0.1) is 17.4 Å². The normalized spacial score (nSPS) is 25.8. The first-order valence-corrected chi connectivity index (χ1v) is 20.1. The van der Waals surface area contributed by atoms with Crippen molar-refractivity contribution in [3.8, 4) is 17.0 Å². The summed E-state index contributed by atoms with van der Waals surface area (Å²) in [6.07, 6.45) is 2.72. The summed E-state index contributed by atoms with van der Waals surface area (Å²) in [6.45, 7) is 11.9. The lowest BCUT2D eigenvalue weighted by molar-refractivity contribution is -0.136. The Bertz CT molecular complexity index is 2040. The Morgan fingerprint density at radius 1 is 0.875 bits per heavy atom. The molecule has 56 heavy (non-hydrogen) atoms. The molecule has 6 aliphatic rings. The van der Waals surface area contributed by atoms with Crippen LogP contribution in [-0.2, 0) is 16.1 Å². The Morgan fingerprint density at radius 2 is 1.66 bits per heavy atom. The van der Waals surface area contributed by atoms with E-state index in [-0.39, 0.29) is 54.0 Å². The average molecular weight is 763 g/mol. The number of hydrogen-bond donors (Lipinski definition) is 3. The third-order valence-corrected chi connectivity index (χ3v) is 12.7. The molecule has 4 atom stereocenters. The van der Waals surface area contributed by atoms with Crippen molar-refractivity contribution < 1.29 is 24.3 Å². The highest BCUT2D eigenvalue weighted by molar-refractivity contribution is 6.05. The molecule has 0 bridgehead atoms. The number of piperazine rings is 2. The molecule has 0 radical (unpaired) electrons. The zero-order valence-corrected chi connectivity index (χ0v) is 32.1. The van der Waals surface area contributed by atoms with E-state index < -0.39 is 6.04 Å². The summed E-state index contributed by atoms with van der Waals surface area (Å²) in [5, 5.41) is 25.0. The highest BCUT2D eigenvalue weighted by Crippen LogP contribution is 2.37. The predicted molar refractivity (Wildman–Crippen MR) is 210 cm³/mol. The molecule has 5 amide bonds. The number of para-hydroxylation sites is 1. The van der Waals surface area contributed by atoms with E-state index in [1.54, 1.807) is 17.0 Å². The van der Waals surface area contributed by atoms with Crippen LogP contribution in [-0.4, -0.2) is 142 Å². The molecule has 3 N–H and O–H groups in total. The maximum atomic E-state index is 14.1. The Hall–Kier alpha value is -5.44. The molecule has 0 spiro atoms. The fourth-order valence-electron chi connectivity index (χ4n) is 9.88. The van der Waals surface area contributed by atoms with E-state index in [0.29, 0.717) is 61.9 Å². The smallest absolute Gasteiger partial charge is 0.320 e. The maximum absolute atomic E-state index is 14.1. The molecule has 9 rings (SSSR count). The zero-order valence-electron chi connectivity index (χ0n) is 32.1. The van der Waals surface area contributed by atoms with E-state index in [0.717, 1.165) is 68.3 Å². The van der Waals surface area contributed by atoms with Crippen molar-refractivity contribution in [1.82, 2.24) is 35.1 Å². The summed E-state index contributed by atoms with van der Waals surface area (Å²) in [5.74, 6) is 0.642. The number of fused-ring (bicyclic) bond motifs is 4. The number of piperidine rings is 2. The van der Waals surface area contributed by atoms with Crippen LogP contribution in [0.3, 0.4) is 0 Å². The molecule has 294 valence electrons. The Morgan fingerprint density at radius 3 is 2.43 bits per heavy atom. The van der Waals surface area contributed by atoms with Gasteiger partial charge in [-0.2, -0.15) is 0 Å². The average Bonchev–Trinajstić information content (AvgIpc) is 3.52. The van der Waals surface area contributed by atoms with Crippen LogP contribution in [0.25, 0.3) is 11.3 Å². The van der Waals surface area contributed by atoms with E-state index in [1.165, 1.54) is 0 Å². The van der Waals surface area contributed by atoms with Crippen LogP contribution in [0.1, 0.15) is 55.5 Å². The fraction of sp³-hybridized carbons (Fsp3) is 0.512. The van der Waals surface area contributed by atoms with Crippen LogP contribution in [0.5, 0.6) is 5.75 Å². The first-order valence-electron chi connectivity index (χ1n) is 20.1. The summed E-state index contributed by atoms with van der Waals surface area (Å²) in [5.41, 5.74) is 4.82. The Kier molecular flexibility index (Phi) is 9.42. The third-order valence-electron chi connectivity index (χ3n) is 12.7. The first-order chi connectivity index (χ1) is 27.1. The summed E-state index contributed by atoms with van der Waals surface area (Å²) < 4.78 is 0. The van der Waals surface area contributed by atoms with Crippen molar-refractivity contribution in [2.75, 3.05) is 74.0 Å². The van der Waals surface area contributed by atoms with Crippen molar-refractivity contribution >= 4 is 40.9 Å². The number of nitrogens with one attached hydrogen (secondary N) is 2. The zero-order chi connectivity index (χ0) is 38.7. The number of urea groups is 1. The molecule has 15 heteroatoms. The summed E-state index contributed by atoms with van der Waals surface area (Å²) in [6, 6.07) is 15.0. The molecule has 7 heterocycles. The van der Waals surface area contributed by atoms with Gasteiger partial charge < -0.3 is 34.9 Å². The maximum Gasteiger partial charge on any atom is 0.320 e. The minimum Gasteiger partial charge on any atom is -0.507 e. The highest BCUT2D eigenvalue weighted by atomic mass is 16.3. The number of amides is 5. The molecule has 4 saturated heterocycles. The molecule has 1 aromatic heterocycles. The number of phenolic OH excluding ortho intramolecular Hbond substituents is 1. The molecule has 15 nitrogen and oxygen atoms in total. The van der Waals surface area contributed by atoms with Crippen molar-refractivity contribution in [3.05, 3.63) is 59.7 Å². The molecular weight excluding hydrogens is 713 g/mol. The number of aromatic nitrogens is 2. The molecule has 0 saturated carbocycles. The number of nitrogens with zero attached hydrogens (tertiary/aromatic N) is 8. The lowest BCUT2D eigenvalue weighted by Gasteiger charge is -2.50. The van der Waals surface area contributed by atoms with Crippen LogP contribution in [0.2, 0.25) is 0 Å². The number of rotatable bonds is 5. The minimum absolute atomic E-state index is 0.0923. The molecular formula is C41H50N10O5. The van der Waals surface area contributed by atoms with Gasteiger partial charge in [0.2, 0.25) is 11.8 Å². The number of anilines is 3. The summed E-state index contributed by atoms with van der Waals surface area (Å²) in [7, 11) is 0. The fourth-order valence-corrected chi connectivity index (χ4v) is 9.88. The van der Waals surface area contributed by atoms with Crippen molar-refractivity contribution in [1.29, 1.82) is 0 Å². The number of carbonyl (C=O) groups excluding carboxylic acids is 4. The van der Waals surface area contributed by atoms with Gasteiger partial charge in [-0.1, -0.05) is 18.2 Å². The number of carbonyl (C=O) groups is 4. The van der Waals surface area contributed by atoms with Gasteiger partial charge in [0.25, 0.3) is 5.91 Å². The van der Waals surface area contributed by atoms with E-state index in [9.17, 15) is 24.3 Å². The Labute approximate surface area is 326 Å². The SMILES string of the molecule is CC1CN(CC2CCN(c3ccc4c(c3)C(=O)N(C3CCC(=O)NC3=O)C4)CC2)CC(C)N1C(=O)N1CCN2c3cc(-c4ccccc4O)nnc3NC[C@H]2C1. The standard InChI is InChI=1S/C41H50N10O5/c1-25-20-46(22-27-11-13-47(14-12-27)29-8-7-28-23-50(40(55)32(28)17-29)34-9-10-37(53)43-39(34)54)21-26(2)51(25)41(56)48-15-16-49-30(24-48)19-42-38-35(49)18-33(44-45-38)31-5-3-4-6-36(31)52/h3-8,17-18,25-27,30,34,52H,9-16,19-24H2,1-2H3,(H,42,45)(H,43,53,54)/t25?,26?,30-,34?/m0/s1. The van der Waals surface area contributed by atoms with Crippen LogP contribution < -0.4 is 20.4 Å². The largest absolute Gasteiger partial charge is 0.507 e.